The van der Waals surface area contributed by atoms with Crippen LogP contribution < -0.4 is 16.6 Å². The molecule has 0 fully saturated rings. The zero-order chi connectivity index (χ0) is 17.3. The highest BCUT2D eigenvalue weighted by Gasteiger charge is 2.13. The number of aryl methyl sites for hydroxylation is 1. The molecule has 1 heterocycles. The number of carbonyl (C=O) groups is 2. The van der Waals surface area contributed by atoms with Gasteiger partial charge in [0.25, 0.3) is 11.5 Å². The van der Waals surface area contributed by atoms with E-state index in [-0.39, 0.29) is 11.5 Å². The van der Waals surface area contributed by atoms with Crippen molar-refractivity contribution in [3.63, 3.8) is 0 Å². The van der Waals surface area contributed by atoms with Crippen molar-refractivity contribution in [3.8, 4) is 0 Å². The lowest BCUT2D eigenvalue weighted by Gasteiger charge is -2.10. The van der Waals surface area contributed by atoms with Crippen LogP contribution >= 0.6 is 0 Å². The Hall–Kier alpha value is -3.41. The molecule has 3 aromatic rings. The number of primary amides is 1. The lowest BCUT2D eigenvalue weighted by atomic mass is 10.1. The molecule has 0 saturated carbocycles. The van der Waals surface area contributed by atoms with Crippen LogP contribution in [0.15, 0.2) is 53.5 Å². The highest BCUT2D eigenvalue weighted by Crippen LogP contribution is 2.18. The van der Waals surface area contributed by atoms with Crippen molar-refractivity contribution in [2.45, 2.75) is 6.92 Å². The van der Waals surface area contributed by atoms with Crippen molar-refractivity contribution in [3.05, 3.63) is 75.7 Å². The summed E-state index contributed by atoms with van der Waals surface area (Å²) >= 11 is 0. The molecule has 6 heteroatoms. The van der Waals surface area contributed by atoms with Gasteiger partial charge in [0.2, 0.25) is 5.91 Å². The Kier molecular flexibility index (Phi) is 3.87. The Morgan fingerprint density at radius 3 is 2.46 bits per heavy atom. The van der Waals surface area contributed by atoms with Gasteiger partial charge < -0.3 is 16.0 Å². The Labute approximate surface area is 137 Å². The van der Waals surface area contributed by atoms with E-state index in [2.05, 4.69) is 10.3 Å². The zero-order valence-corrected chi connectivity index (χ0v) is 12.9. The summed E-state index contributed by atoms with van der Waals surface area (Å²) < 4.78 is 0. The molecule has 2 aromatic carbocycles. The second-order valence-corrected chi connectivity index (χ2v) is 5.43. The van der Waals surface area contributed by atoms with E-state index >= 15 is 0 Å². The number of nitrogens with two attached hydrogens (primary N) is 1. The Bertz CT molecular complexity index is 1020. The maximum Gasteiger partial charge on any atom is 0.257 e. The second-order valence-electron chi connectivity index (χ2n) is 5.43. The highest BCUT2D eigenvalue weighted by molar-refractivity contribution is 6.12. The number of amides is 2. The third kappa shape index (κ3) is 2.77. The van der Waals surface area contributed by atoms with Crippen molar-refractivity contribution in [1.82, 2.24) is 4.98 Å². The van der Waals surface area contributed by atoms with Crippen molar-refractivity contribution in [1.29, 1.82) is 0 Å². The number of aromatic nitrogens is 1. The molecule has 0 unspecified atom stereocenters. The molecule has 24 heavy (non-hydrogen) atoms. The molecule has 0 atom stereocenters. The molecule has 4 N–H and O–H groups in total. The van der Waals surface area contributed by atoms with Gasteiger partial charge in [-0.1, -0.05) is 24.3 Å². The zero-order valence-electron chi connectivity index (χ0n) is 12.9. The average Bonchev–Trinajstić information content (AvgIpc) is 2.57. The van der Waals surface area contributed by atoms with Gasteiger partial charge in [-0.05, 0) is 30.7 Å². The van der Waals surface area contributed by atoms with E-state index < -0.39 is 5.91 Å². The molecule has 0 saturated heterocycles. The molecular formula is C18H15N3O3. The molecule has 6 nitrogen and oxygen atoms in total. The minimum absolute atomic E-state index is 0.256. The smallest absolute Gasteiger partial charge is 0.257 e. The molecule has 1 aromatic heterocycles. The molecule has 2 amide bonds. The van der Waals surface area contributed by atoms with Crippen molar-refractivity contribution in [2.75, 3.05) is 5.32 Å². The van der Waals surface area contributed by atoms with Crippen LogP contribution in [-0.2, 0) is 0 Å². The number of aromatic amines is 1. The molecule has 0 bridgehead atoms. The van der Waals surface area contributed by atoms with Crippen LogP contribution in [0.3, 0.4) is 0 Å². The summed E-state index contributed by atoms with van der Waals surface area (Å²) in [6, 6.07) is 11.8. The SMILES string of the molecule is Cc1ccc(NC(=O)c2c[nH]c(=O)c3ccccc23)cc1C(N)=O. The van der Waals surface area contributed by atoms with E-state index in [1.54, 1.807) is 43.3 Å². The van der Waals surface area contributed by atoms with Gasteiger partial charge in [0.1, 0.15) is 0 Å². The van der Waals surface area contributed by atoms with E-state index in [0.29, 0.717) is 27.6 Å². The summed E-state index contributed by atoms with van der Waals surface area (Å²) in [5.41, 5.74) is 6.94. The summed E-state index contributed by atoms with van der Waals surface area (Å²) in [4.78, 5) is 38.4. The fourth-order valence-electron chi connectivity index (χ4n) is 2.56. The van der Waals surface area contributed by atoms with E-state index in [9.17, 15) is 14.4 Å². The van der Waals surface area contributed by atoms with Gasteiger partial charge in [0.15, 0.2) is 0 Å². The standard InChI is InChI=1S/C18H15N3O3/c1-10-6-7-11(8-14(10)16(19)22)21-18(24)15-9-20-17(23)13-5-3-2-4-12(13)15/h2-9H,1H3,(H2,19,22)(H,20,23)(H,21,24). The first kappa shape index (κ1) is 15.5. The fourth-order valence-corrected chi connectivity index (χ4v) is 2.56. The van der Waals surface area contributed by atoms with Crippen LogP contribution in [0.1, 0.15) is 26.3 Å². The van der Waals surface area contributed by atoms with Crippen LogP contribution in [0.25, 0.3) is 10.8 Å². The lowest BCUT2D eigenvalue weighted by Crippen LogP contribution is -2.17. The number of nitrogens with one attached hydrogen (secondary N) is 2. The summed E-state index contributed by atoms with van der Waals surface area (Å²) in [6.07, 6.45) is 1.38. The lowest BCUT2D eigenvalue weighted by molar-refractivity contribution is 0.0995. The normalized spacial score (nSPS) is 10.5. The van der Waals surface area contributed by atoms with Gasteiger partial charge in [0, 0.05) is 28.2 Å². The van der Waals surface area contributed by atoms with Crippen LogP contribution in [0, 0.1) is 6.92 Å². The first-order valence-corrected chi connectivity index (χ1v) is 7.29. The van der Waals surface area contributed by atoms with Gasteiger partial charge in [-0.3, -0.25) is 14.4 Å². The number of fused-ring (bicyclic) bond motifs is 1. The maximum absolute atomic E-state index is 12.6. The maximum atomic E-state index is 12.6. The van der Waals surface area contributed by atoms with Crippen LogP contribution in [0.2, 0.25) is 0 Å². The van der Waals surface area contributed by atoms with Crippen LogP contribution in [-0.4, -0.2) is 16.8 Å². The minimum Gasteiger partial charge on any atom is -0.366 e. The molecular weight excluding hydrogens is 306 g/mol. The predicted molar refractivity (Wildman–Crippen MR) is 92.2 cm³/mol. The fraction of sp³-hybridized carbons (Fsp3) is 0.0556. The molecule has 120 valence electrons. The topological polar surface area (TPSA) is 105 Å². The number of hydrogen-bond acceptors (Lipinski definition) is 3. The summed E-state index contributed by atoms with van der Waals surface area (Å²) in [5.74, 6) is -0.945. The Balaban J connectivity index is 2.00. The number of benzene rings is 2. The number of rotatable bonds is 3. The van der Waals surface area contributed by atoms with E-state index in [1.165, 1.54) is 12.3 Å². The van der Waals surface area contributed by atoms with Gasteiger partial charge in [-0.2, -0.15) is 0 Å². The largest absolute Gasteiger partial charge is 0.366 e. The van der Waals surface area contributed by atoms with Crippen molar-refractivity contribution in [2.24, 2.45) is 5.73 Å². The number of pyridine rings is 1. The van der Waals surface area contributed by atoms with Gasteiger partial charge >= 0.3 is 0 Å². The molecule has 0 aliphatic carbocycles. The predicted octanol–water partition coefficient (Wildman–Crippen LogP) is 2.19. The number of H-pyrrole nitrogens is 1. The van der Waals surface area contributed by atoms with E-state index in [0.717, 1.165) is 5.56 Å². The Morgan fingerprint density at radius 2 is 1.75 bits per heavy atom. The quantitative estimate of drug-likeness (QED) is 0.688. The summed E-state index contributed by atoms with van der Waals surface area (Å²) in [5, 5.41) is 3.72. The third-order valence-electron chi connectivity index (χ3n) is 3.81. The molecule has 0 aliphatic rings. The molecule has 0 radical (unpaired) electrons. The van der Waals surface area contributed by atoms with Gasteiger partial charge in [-0.25, -0.2) is 0 Å². The van der Waals surface area contributed by atoms with Gasteiger partial charge in [0.05, 0.1) is 5.56 Å². The average molecular weight is 321 g/mol. The summed E-state index contributed by atoms with van der Waals surface area (Å²) in [6.45, 7) is 1.77. The Morgan fingerprint density at radius 1 is 1.04 bits per heavy atom. The summed E-state index contributed by atoms with van der Waals surface area (Å²) in [7, 11) is 0. The van der Waals surface area contributed by atoms with Crippen molar-refractivity contribution >= 4 is 28.3 Å². The molecule has 0 spiro atoms. The second kappa shape index (κ2) is 6.00. The molecule has 0 aliphatic heterocycles. The third-order valence-corrected chi connectivity index (χ3v) is 3.81. The van der Waals surface area contributed by atoms with E-state index in [1.807, 2.05) is 0 Å². The monoisotopic (exact) mass is 321 g/mol. The number of hydrogen-bond donors (Lipinski definition) is 3. The highest BCUT2D eigenvalue weighted by atomic mass is 16.2. The first-order valence-electron chi connectivity index (χ1n) is 7.29. The number of anilines is 1. The van der Waals surface area contributed by atoms with E-state index in [4.69, 9.17) is 5.73 Å². The minimum atomic E-state index is -0.557. The van der Waals surface area contributed by atoms with Gasteiger partial charge in [-0.15, -0.1) is 0 Å². The molecule has 3 rings (SSSR count). The van der Waals surface area contributed by atoms with Crippen LogP contribution in [0.4, 0.5) is 5.69 Å². The van der Waals surface area contributed by atoms with Crippen LogP contribution in [0.5, 0.6) is 0 Å². The first-order chi connectivity index (χ1) is 11.5. The van der Waals surface area contributed by atoms with Crippen molar-refractivity contribution < 1.29 is 9.59 Å². The number of carbonyl (C=O) groups excluding carboxylic acids is 2.